The van der Waals surface area contributed by atoms with Gasteiger partial charge in [0.15, 0.2) is 0 Å². The van der Waals surface area contributed by atoms with Gasteiger partial charge in [-0.1, -0.05) is 12.1 Å². The average Bonchev–Trinajstić information content (AvgIpc) is 2.35. The highest BCUT2D eigenvalue weighted by Crippen LogP contribution is 2.11. The second-order valence-corrected chi connectivity index (χ2v) is 4.63. The van der Waals surface area contributed by atoms with E-state index in [0.717, 1.165) is 10.0 Å². The standard InChI is InChI=1S/C13H10BrFN2O/c14-10-3-6-12(16-8-10)17-13(18)7-9-1-4-11(15)5-2-9/h1-6,8H,7H2,(H,16,17,18). The summed E-state index contributed by atoms with van der Waals surface area (Å²) in [6.07, 6.45) is 1.80. The first-order chi connectivity index (χ1) is 8.63. The van der Waals surface area contributed by atoms with Gasteiger partial charge in [-0.15, -0.1) is 0 Å². The number of pyridine rings is 1. The van der Waals surface area contributed by atoms with Crippen LogP contribution < -0.4 is 5.32 Å². The monoisotopic (exact) mass is 308 g/mol. The van der Waals surface area contributed by atoms with Gasteiger partial charge in [-0.3, -0.25) is 4.79 Å². The van der Waals surface area contributed by atoms with Crippen molar-refractivity contribution >= 4 is 27.7 Å². The first kappa shape index (κ1) is 12.7. The molecule has 92 valence electrons. The summed E-state index contributed by atoms with van der Waals surface area (Å²) in [5.41, 5.74) is 0.756. The van der Waals surface area contributed by atoms with Crippen molar-refractivity contribution in [1.82, 2.24) is 4.98 Å². The van der Waals surface area contributed by atoms with Gasteiger partial charge in [-0.2, -0.15) is 0 Å². The van der Waals surface area contributed by atoms with E-state index in [9.17, 15) is 9.18 Å². The lowest BCUT2D eigenvalue weighted by molar-refractivity contribution is -0.115. The molecule has 0 aliphatic rings. The van der Waals surface area contributed by atoms with Crippen LogP contribution in [-0.4, -0.2) is 10.9 Å². The second kappa shape index (κ2) is 5.73. The number of halogens is 2. The molecule has 0 saturated heterocycles. The number of nitrogens with one attached hydrogen (secondary N) is 1. The lowest BCUT2D eigenvalue weighted by atomic mass is 10.1. The largest absolute Gasteiger partial charge is 0.310 e. The Labute approximate surface area is 112 Å². The molecule has 3 nitrogen and oxygen atoms in total. The highest BCUT2D eigenvalue weighted by molar-refractivity contribution is 9.10. The summed E-state index contributed by atoms with van der Waals surface area (Å²) in [6.45, 7) is 0. The summed E-state index contributed by atoms with van der Waals surface area (Å²) in [6, 6.07) is 9.34. The van der Waals surface area contributed by atoms with Crippen molar-refractivity contribution in [3.05, 3.63) is 58.4 Å². The van der Waals surface area contributed by atoms with Crippen molar-refractivity contribution in [2.45, 2.75) is 6.42 Å². The molecule has 0 fully saturated rings. The van der Waals surface area contributed by atoms with Crippen molar-refractivity contribution in [3.63, 3.8) is 0 Å². The van der Waals surface area contributed by atoms with E-state index in [2.05, 4.69) is 26.2 Å². The molecule has 18 heavy (non-hydrogen) atoms. The molecule has 2 aromatic rings. The number of hydrogen-bond acceptors (Lipinski definition) is 2. The topological polar surface area (TPSA) is 42.0 Å². The minimum Gasteiger partial charge on any atom is -0.310 e. The maximum atomic E-state index is 12.7. The van der Waals surface area contributed by atoms with E-state index in [1.165, 1.54) is 12.1 Å². The van der Waals surface area contributed by atoms with Gasteiger partial charge in [0.2, 0.25) is 5.91 Å². The molecular formula is C13H10BrFN2O. The van der Waals surface area contributed by atoms with Gasteiger partial charge in [0.25, 0.3) is 0 Å². The molecule has 0 spiro atoms. The SMILES string of the molecule is O=C(Cc1ccc(F)cc1)Nc1ccc(Br)cn1. The summed E-state index contributed by atoms with van der Waals surface area (Å²) in [7, 11) is 0. The lowest BCUT2D eigenvalue weighted by Gasteiger charge is -2.04. The minimum absolute atomic E-state index is 0.184. The number of aromatic nitrogens is 1. The zero-order valence-electron chi connectivity index (χ0n) is 9.36. The molecule has 0 saturated carbocycles. The van der Waals surface area contributed by atoms with E-state index in [4.69, 9.17) is 0 Å². The molecule has 2 rings (SSSR count). The molecule has 5 heteroatoms. The van der Waals surface area contributed by atoms with Crippen LogP contribution in [0, 0.1) is 5.82 Å². The maximum absolute atomic E-state index is 12.7. The number of carbonyl (C=O) groups excluding carboxylic acids is 1. The van der Waals surface area contributed by atoms with Crippen LogP contribution in [0.15, 0.2) is 47.1 Å². The molecule has 0 atom stereocenters. The molecule has 0 aliphatic heterocycles. The van der Waals surface area contributed by atoms with E-state index in [0.29, 0.717) is 5.82 Å². The smallest absolute Gasteiger partial charge is 0.229 e. The molecule has 1 N–H and O–H groups in total. The van der Waals surface area contributed by atoms with Crippen molar-refractivity contribution in [2.75, 3.05) is 5.32 Å². The van der Waals surface area contributed by atoms with Gasteiger partial charge in [0.1, 0.15) is 11.6 Å². The number of rotatable bonds is 3. The van der Waals surface area contributed by atoms with E-state index in [-0.39, 0.29) is 18.1 Å². The van der Waals surface area contributed by atoms with Gasteiger partial charge >= 0.3 is 0 Å². The number of carbonyl (C=O) groups is 1. The van der Waals surface area contributed by atoms with Crippen LogP contribution in [0.3, 0.4) is 0 Å². The van der Waals surface area contributed by atoms with Crippen LogP contribution in [0.25, 0.3) is 0 Å². The predicted octanol–water partition coefficient (Wildman–Crippen LogP) is 3.16. The third-order valence-corrected chi connectivity index (χ3v) is 2.74. The number of amides is 1. The molecular weight excluding hydrogens is 299 g/mol. The van der Waals surface area contributed by atoms with Crippen LogP contribution in [0.5, 0.6) is 0 Å². The third-order valence-electron chi connectivity index (χ3n) is 2.27. The fourth-order valence-corrected chi connectivity index (χ4v) is 1.66. The molecule has 1 aromatic heterocycles. The fourth-order valence-electron chi connectivity index (χ4n) is 1.42. The van der Waals surface area contributed by atoms with Gasteiger partial charge in [-0.25, -0.2) is 9.37 Å². The van der Waals surface area contributed by atoms with Gasteiger partial charge < -0.3 is 5.32 Å². The molecule has 1 aromatic carbocycles. The van der Waals surface area contributed by atoms with Crippen molar-refractivity contribution < 1.29 is 9.18 Å². The predicted molar refractivity (Wildman–Crippen MR) is 70.7 cm³/mol. The van der Waals surface area contributed by atoms with Crippen molar-refractivity contribution in [1.29, 1.82) is 0 Å². The molecule has 0 bridgehead atoms. The van der Waals surface area contributed by atoms with E-state index in [1.807, 2.05) is 0 Å². The van der Waals surface area contributed by atoms with E-state index < -0.39 is 0 Å². The molecule has 1 amide bonds. The quantitative estimate of drug-likeness (QED) is 0.946. The zero-order valence-corrected chi connectivity index (χ0v) is 10.9. The van der Waals surface area contributed by atoms with Gasteiger partial charge in [0, 0.05) is 10.7 Å². The summed E-state index contributed by atoms with van der Waals surface area (Å²) >= 11 is 3.26. The van der Waals surface area contributed by atoms with Crippen LogP contribution in [0.1, 0.15) is 5.56 Å². The van der Waals surface area contributed by atoms with Crippen LogP contribution in [-0.2, 0) is 11.2 Å². The Bertz CT molecular complexity index is 490. The third kappa shape index (κ3) is 3.63. The van der Waals surface area contributed by atoms with E-state index in [1.54, 1.807) is 30.5 Å². The summed E-state index contributed by atoms with van der Waals surface area (Å²) in [4.78, 5) is 15.7. The number of hydrogen-bond donors (Lipinski definition) is 1. The Morgan fingerprint density at radius 3 is 2.56 bits per heavy atom. The first-order valence-corrected chi connectivity index (χ1v) is 6.08. The summed E-state index contributed by atoms with van der Waals surface area (Å²) < 4.78 is 13.5. The highest BCUT2D eigenvalue weighted by atomic mass is 79.9. The molecule has 1 heterocycles. The molecule has 0 radical (unpaired) electrons. The minimum atomic E-state index is -0.311. The maximum Gasteiger partial charge on any atom is 0.229 e. The highest BCUT2D eigenvalue weighted by Gasteiger charge is 2.05. The second-order valence-electron chi connectivity index (χ2n) is 3.71. The normalized spacial score (nSPS) is 10.1. The first-order valence-electron chi connectivity index (χ1n) is 5.29. The lowest BCUT2D eigenvalue weighted by Crippen LogP contribution is -2.15. The Morgan fingerprint density at radius 2 is 1.94 bits per heavy atom. The Morgan fingerprint density at radius 1 is 1.22 bits per heavy atom. The van der Waals surface area contributed by atoms with Crippen molar-refractivity contribution in [2.24, 2.45) is 0 Å². The number of nitrogens with zero attached hydrogens (tertiary/aromatic N) is 1. The van der Waals surface area contributed by atoms with Crippen LogP contribution >= 0.6 is 15.9 Å². The zero-order chi connectivity index (χ0) is 13.0. The number of anilines is 1. The van der Waals surface area contributed by atoms with Gasteiger partial charge in [-0.05, 0) is 45.8 Å². The Balaban J connectivity index is 1.96. The fraction of sp³-hybridized carbons (Fsp3) is 0.0769. The van der Waals surface area contributed by atoms with Crippen molar-refractivity contribution in [3.8, 4) is 0 Å². The summed E-state index contributed by atoms with van der Waals surface area (Å²) in [5, 5.41) is 2.67. The average molecular weight is 309 g/mol. The summed E-state index contributed by atoms with van der Waals surface area (Å²) in [5.74, 6) is -0.00419. The Kier molecular flexibility index (Phi) is 4.04. The Hall–Kier alpha value is -1.75. The molecule has 0 unspecified atom stereocenters. The van der Waals surface area contributed by atoms with Crippen LogP contribution in [0.2, 0.25) is 0 Å². The number of benzene rings is 1. The van der Waals surface area contributed by atoms with Crippen LogP contribution in [0.4, 0.5) is 10.2 Å². The molecule has 0 aliphatic carbocycles. The van der Waals surface area contributed by atoms with E-state index >= 15 is 0 Å². The van der Waals surface area contributed by atoms with Gasteiger partial charge in [0.05, 0.1) is 6.42 Å².